The van der Waals surface area contributed by atoms with E-state index in [1.165, 1.54) is 7.11 Å². The van der Waals surface area contributed by atoms with E-state index in [9.17, 15) is 14.4 Å². The van der Waals surface area contributed by atoms with Crippen molar-refractivity contribution in [2.24, 2.45) is 0 Å². The summed E-state index contributed by atoms with van der Waals surface area (Å²) in [7, 11) is 4.61. The normalized spacial score (nSPS) is 20.4. The van der Waals surface area contributed by atoms with Crippen molar-refractivity contribution in [3.05, 3.63) is 52.6 Å². The highest BCUT2D eigenvalue weighted by Crippen LogP contribution is 2.48. The van der Waals surface area contributed by atoms with E-state index in [0.29, 0.717) is 66.2 Å². The molecule has 0 aromatic heterocycles. The minimum Gasteiger partial charge on any atom is -0.497 e. The number of Topliss-reactive ketones (excluding diaryl/α,β-unsaturated/α-hetero) is 1. The molecule has 0 amide bonds. The van der Waals surface area contributed by atoms with Gasteiger partial charge in [0, 0.05) is 30.4 Å². The number of ketones is 1. The smallest absolute Gasteiger partial charge is 0.342 e. The van der Waals surface area contributed by atoms with Crippen molar-refractivity contribution in [3.63, 3.8) is 0 Å². The third-order valence-corrected chi connectivity index (χ3v) is 6.94. The van der Waals surface area contributed by atoms with Crippen molar-refractivity contribution in [2.75, 3.05) is 21.3 Å². The first-order valence-corrected chi connectivity index (χ1v) is 12.9. The zero-order valence-corrected chi connectivity index (χ0v) is 22.3. The van der Waals surface area contributed by atoms with Crippen LogP contribution in [0.2, 0.25) is 0 Å². The lowest BCUT2D eigenvalue weighted by atomic mass is 9.83. The molecule has 8 heteroatoms. The van der Waals surface area contributed by atoms with Gasteiger partial charge in [0.15, 0.2) is 0 Å². The summed E-state index contributed by atoms with van der Waals surface area (Å²) >= 11 is 0. The number of carbonyl (C=O) groups is 3. The van der Waals surface area contributed by atoms with E-state index in [-0.39, 0.29) is 23.9 Å². The lowest BCUT2D eigenvalue weighted by molar-refractivity contribution is -0.135. The molecular weight excluding hydrogens is 488 g/mol. The Labute approximate surface area is 222 Å². The molecule has 2 aliphatic rings. The molecule has 0 spiro atoms. The Balaban J connectivity index is 1.88. The highest BCUT2D eigenvalue weighted by Gasteiger charge is 2.36. The van der Waals surface area contributed by atoms with Crippen LogP contribution in [0.5, 0.6) is 23.0 Å². The van der Waals surface area contributed by atoms with Crippen molar-refractivity contribution < 1.29 is 38.1 Å². The molecule has 2 aliphatic heterocycles. The summed E-state index contributed by atoms with van der Waals surface area (Å²) in [4.78, 5) is 38.4. The van der Waals surface area contributed by atoms with E-state index in [0.717, 1.165) is 12.0 Å². The number of hydrogen-bond acceptors (Lipinski definition) is 8. The van der Waals surface area contributed by atoms with Gasteiger partial charge in [0.2, 0.25) is 0 Å². The van der Waals surface area contributed by atoms with Gasteiger partial charge >= 0.3 is 11.9 Å². The second-order valence-corrected chi connectivity index (χ2v) is 9.60. The molecule has 2 aromatic carbocycles. The molecule has 2 atom stereocenters. The van der Waals surface area contributed by atoms with Crippen LogP contribution in [-0.2, 0) is 14.3 Å². The van der Waals surface area contributed by atoms with Crippen LogP contribution in [0, 0.1) is 0 Å². The van der Waals surface area contributed by atoms with Gasteiger partial charge in [-0.25, -0.2) is 4.79 Å². The Morgan fingerprint density at radius 3 is 2.29 bits per heavy atom. The van der Waals surface area contributed by atoms with Crippen molar-refractivity contribution in [3.8, 4) is 23.0 Å². The highest BCUT2D eigenvalue weighted by molar-refractivity contribution is 5.99. The van der Waals surface area contributed by atoms with E-state index < -0.39 is 17.9 Å². The summed E-state index contributed by atoms with van der Waals surface area (Å²) in [6.45, 7) is 1.82. The molecule has 0 aliphatic carbocycles. The maximum atomic E-state index is 13.6. The Hall–Kier alpha value is -3.81. The van der Waals surface area contributed by atoms with Crippen LogP contribution in [0.3, 0.4) is 0 Å². The van der Waals surface area contributed by atoms with Crippen molar-refractivity contribution >= 4 is 23.8 Å². The minimum atomic E-state index is -0.529. The number of benzene rings is 2. The van der Waals surface area contributed by atoms with Gasteiger partial charge in [-0.1, -0.05) is 12.2 Å². The van der Waals surface area contributed by atoms with Crippen molar-refractivity contribution in [1.29, 1.82) is 0 Å². The zero-order valence-electron chi connectivity index (χ0n) is 22.3. The van der Waals surface area contributed by atoms with Crippen LogP contribution in [0.1, 0.15) is 84.8 Å². The van der Waals surface area contributed by atoms with Crippen LogP contribution in [0.4, 0.5) is 0 Å². The average Bonchev–Trinajstić information content (AvgIpc) is 2.90. The lowest BCUT2D eigenvalue weighted by Gasteiger charge is -2.29. The van der Waals surface area contributed by atoms with Gasteiger partial charge in [-0.2, -0.15) is 0 Å². The number of methoxy groups -OCH3 is 3. The largest absolute Gasteiger partial charge is 0.497 e. The Morgan fingerprint density at radius 1 is 0.895 bits per heavy atom. The second kappa shape index (κ2) is 12.2. The van der Waals surface area contributed by atoms with E-state index in [1.54, 1.807) is 32.4 Å². The van der Waals surface area contributed by atoms with Crippen LogP contribution in [0.15, 0.2) is 30.3 Å². The molecule has 202 valence electrons. The molecule has 0 unspecified atom stereocenters. The van der Waals surface area contributed by atoms with Crippen LogP contribution < -0.4 is 18.9 Å². The number of cyclic esters (lactones) is 1. The summed E-state index contributed by atoms with van der Waals surface area (Å²) in [6, 6.07) is 7.11. The average molecular weight is 523 g/mol. The fourth-order valence-corrected chi connectivity index (χ4v) is 5.03. The number of allylic oxidation sites excluding steroid dienone is 1. The van der Waals surface area contributed by atoms with Crippen LogP contribution in [-0.4, -0.2) is 45.2 Å². The highest BCUT2D eigenvalue weighted by atomic mass is 16.5. The van der Waals surface area contributed by atoms with Gasteiger partial charge in [-0.15, -0.1) is 0 Å². The first kappa shape index (κ1) is 27.2. The fraction of sp³-hybridized carbons (Fsp3) is 0.433. The molecule has 0 bridgehead atoms. The number of esters is 2. The molecule has 0 saturated carbocycles. The number of hydrogen-bond donors (Lipinski definition) is 0. The Morgan fingerprint density at radius 2 is 1.61 bits per heavy atom. The first-order chi connectivity index (χ1) is 18.3. The minimum absolute atomic E-state index is 0.0494. The molecule has 8 nitrogen and oxygen atoms in total. The van der Waals surface area contributed by atoms with Crippen molar-refractivity contribution in [1.82, 2.24) is 0 Å². The fourth-order valence-electron chi connectivity index (χ4n) is 5.03. The first-order valence-electron chi connectivity index (χ1n) is 12.9. The number of rotatable bonds is 4. The monoisotopic (exact) mass is 522 g/mol. The summed E-state index contributed by atoms with van der Waals surface area (Å²) in [5, 5.41) is 0. The number of carbonyl (C=O) groups excluding carboxylic acids is 3. The topological polar surface area (TPSA) is 97.4 Å². The van der Waals surface area contributed by atoms with Crippen molar-refractivity contribution in [2.45, 2.75) is 63.9 Å². The predicted octanol–water partition coefficient (Wildman–Crippen LogP) is 5.64. The Kier molecular flexibility index (Phi) is 8.71. The quantitative estimate of drug-likeness (QED) is 0.376. The van der Waals surface area contributed by atoms with Gasteiger partial charge in [0.1, 0.15) is 34.3 Å². The summed E-state index contributed by atoms with van der Waals surface area (Å²) in [5.41, 5.74) is 2.16. The standard InChI is InChI=1S/C30H34O8/c1-18-9-8-12-21(31)11-7-5-6-10-19-15-25-28(29(36-4)27(19)30(33)37-18)24(17-26(32)38-25)20-13-22(34-2)16-23(14-20)35-3/h6,10,13-16,18,24H,5,7-9,11-12,17H2,1-4H3/t18-,24-/m1/s1. The predicted molar refractivity (Wildman–Crippen MR) is 141 cm³/mol. The number of fused-ring (bicyclic) bond motifs is 2. The van der Waals surface area contributed by atoms with Gasteiger partial charge in [-0.3, -0.25) is 9.59 Å². The van der Waals surface area contributed by atoms with E-state index >= 15 is 0 Å². The molecule has 0 N–H and O–H groups in total. The van der Waals surface area contributed by atoms with Crippen LogP contribution >= 0.6 is 0 Å². The number of ether oxygens (including phenoxy) is 5. The Bertz CT molecular complexity index is 1220. The maximum Gasteiger partial charge on any atom is 0.342 e. The van der Waals surface area contributed by atoms with E-state index in [1.807, 2.05) is 25.1 Å². The van der Waals surface area contributed by atoms with Gasteiger partial charge in [-0.05, 0) is 61.9 Å². The third-order valence-electron chi connectivity index (χ3n) is 6.94. The molecule has 0 saturated heterocycles. The summed E-state index contributed by atoms with van der Waals surface area (Å²) < 4.78 is 28.3. The maximum absolute atomic E-state index is 13.6. The molecule has 4 rings (SSSR count). The van der Waals surface area contributed by atoms with Crippen LogP contribution in [0.25, 0.3) is 6.08 Å². The molecule has 0 radical (unpaired) electrons. The molecule has 38 heavy (non-hydrogen) atoms. The SMILES string of the molecule is COc1cc(OC)cc([C@H]2CC(=O)Oc3cc4c(c(OC)c32)C(=O)O[C@H](C)CCCC(=O)CCCC=C4)c1. The lowest BCUT2D eigenvalue weighted by Crippen LogP contribution is -2.24. The molecule has 0 fully saturated rings. The molecule has 2 aromatic rings. The van der Waals surface area contributed by atoms with Gasteiger partial charge in [0.25, 0.3) is 0 Å². The summed E-state index contributed by atoms with van der Waals surface area (Å²) in [6.07, 6.45) is 7.01. The van der Waals surface area contributed by atoms with E-state index in [4.69, 9.17) is 23.7 Å². The molecule has 2 heterocycles. The van der Waals surface area contributed by atoms with E-state index in [2.05, 4.69) is 0 Å². The molecular formula is C30H34O8. The second-order valence-electron chi connectivity index (χ2n) is 9.60. The van der Waals surface area contributed by atoms with Gasteiger partial charge < -0.3 is 23.7 Å². The summed E-state index contributed by atoms with van der Waals surface area (Å²) in [5.74, 6) is 0.607. The third kappa shape index (κ3) is 6.01. The van der Waals surface area contributed by atoms with Gasteiger partial charge in [0.05, 0.1) is 33.9 Å². The zero-order chi connectivity index (χ0) is 27.2.